The van der Waals surface area contributed by atoms with Gasteiger partial charge in [-0.1, -0.05) is 6.07 Å². The van der Waals surface area contributed by atoms with Crippen molar-refractivity contribution in [3.05, 3.63) is 22.4 Å². The molecule has 1 N–H and O–H groups in total. The van der Waals surface area contributed by atoms with E-state index in [9.17, 15) is 0 Å². The molecule has 2 rings (SSSR count). The zero-order chi connectivity index (χ0) is 8.23. The lowest BCUT2D eigenvalue weighted by atomic mass is 10.2. The first kappa shape index (κ1) is 8.23. The molecule has 1 fully saturated rings. The maximum atomic E-state index is 5.60. The van der Waals surface area contributed by atoms with E-state index in [1.807, 2.05) is 11.3 Å². The van der Waals surface area contributed by atoms with Crippen molar-refractivity contribution in [2.45, 2.75) is 12.5 Å². The lowest BCUT2D eigenvalue weighted by Crippen LogP contribution is -2.39. The molecule has 1 atom stereocenters. The first-order valence-corrected chi connectivity index (χ1v) is 5.18. The van der Waals surface area contributed by atoms with Crippen LogP contribution in [0.1, 0.15) is 4.88 Å². The van der Waals surface area contributed by atoms with Gasteiger partial charge >= 0.3 is 0 Å². The zero-order valence-corrected chi connectivity index (χ0v) is 7.77. The number of thiophene rings is 1. The maximum Gasteiger partial charge on any atom is 0.0748 e. The third kappa shape index (κ3) is 2.06. The van der Waals surface area contributed by atoms with Gasteiger partial charge < -0.3 is 10.1 Å². The van der Waals surface area contributed by atoms with Gasteiger partial charge in [-0.3, -0.25) is 0 Å². The van der Waals surface area contributed by atoms with Gasteiger partial charge in [-0.25, -0.2) is 0 Å². The Hall–Kier alpha value is -0.380. The average Bonchev–Trinajstić information content (AvgIpc) is 2.59. The van der Waals surface area contributed by atoms with Gasteiger partial charge in [0.2, 0.25) is 0 Å². The quantitative estimate of drug-likeness (QED) is 0.745. The zero-order valence-electron chi connectivity index (χ0n) is 6.95. The van der Waals surface area contributed by atoms with E-state index >= 15 is 0 Å². The highest BCUT2D eigenvalue weighted by atomic mass is 32.1. The van der Waals surface area contributed by atoms with Crippen LogP contribution in [0.4, 0.5) is 0 Å². The smallest absolute Gasteiger partial charge is 0.0748 e. The summed E-state index contributed by atoms with van der Waals surface area (Å²) in [5.74, 6) is 0. The van der Waals surface area contributed by atoms with Gasteiger partial charge in [-0.15, -0.1) is 11.3 Å². The Kier molecular flexibility index (Phi) is 2.76. The summed E-state index contributed by atoms with van der Waals surface area (Å²) in [6.45, 7) is 2.86. The molecule has 1 saturated heterocycles. The van der Waals surface area contributed by atoms with Crippen molar-refractivity contribution >= 4 is 11.3 Å². The molecule has 0 amide bonds. The molecular formula is C9H13NOS. The minimum Gasteiger partial charge on any atom is -0.375 e. The van der Waals surface area contributed by atoms with Crippen LogP contribution < -0.4 is 5.32 Å². The van der Waals surface area contributed by atoms with Crippen LogP contribution >= 0.6 is 11.3 Å². The Bertz CT molecular complexity index is 216. The van der Waals surface area contributed by atoms with Crippen LogP contribution in [0.2, 0.25) is 0 Å². The van der Waals surface area contributed by atoms with Crippen LogP contribution in [0.3, 0.4) is 0 Å². The largest absolute Gasteiger partial charge is 0.375 e. The summed E-state index contributed by atoms with van der Waals surface area (Å²) < 4.78 is 5.60. The standard InChI is InChI=1S/C9H13NOS/c1-2-9(12-5-1)6-8-7-10-3-4-11-8/h1-2,5,8,10H,3-4,6-7H2. The van der Waals surface area contributed by atoms with Gasteiger partial charge in [0.1, 0.15) is 0 Å². The lowest BCUT2D eigenvalue weighted by molar-refractivity contribution is 0.0297. The molecule has 1 aliphatic heterocycles. The third-order valence-corrected chi connectivity index (χ3v) is 2.91. The Morgan fingerprint density at radius 1 is 1.67 bits per heavy atom. The molecular weight excluding hydrogens is 170 g/mol. The van der Waals surface area contributed by atoms with Crippen molar-refractivity contribution < 1.29 is 4.74 Å². The molecule has 0 spiro atoms. The molecule has 1 unspecified atom stereocenters. The number of morpholine rings is 1. The second-order valence-corrected chi connectivity index (χ2v) is 4.01. The molecule has 1 aromatic heterocycles. The highest BCUT2D eigenvalue weighted by Gasteiger charge is 2.13. The van der Waals surface area contributed by atoms with Crippen LogP contribution in [-0.4, -0.2) is 25.8 Å². The normalized spacial score (nSPS) is 24.2. The van der Waals surface area contributed by atoms with Crippen molar-refractivity contribution in [1.82, 2.24) is 5.32 Å². The van der Waals surface area contributed by atoms with Crippen LogP contribution in [0, 0.1) is 0 Å². The van der Waals surface area contributed by atoms with E-state index in [0.717, 1.165) is 26.1 Å². The van der Waals surface area contributed by atoms with Crippen LogP contribution in [0.5, 0.6) is 0 Å². The van der Waals surface area contributed by atoms with Crippen molar-refractivity contribution in [1.29, 1.82) is 0 Å². The fraction of sp³-hybridized carbons (Fsp3) is 0.556. The van der Waals surface area contributed by atoms with E-state index in [0.29, 0.717) is 6.10 Å². The summed E-state index contributed by atoms with van der Waals surface area (Å²) >= 11 is 1.81. The monoisotopic (exact) mass is 183 g/mol. The summed E-state index contributed by atoms with van der Waals surface area (Å²) in [6, 6.07) is 4.26. The maximum absolute atomic E-state index is 5.60. The molecule has 3 heteroatoms. The summed E-state index contributed by atoms with van der Waals surface area (Å²) in [4.78, 5) is 1.42. The Morgan fingerprint density at radius 3 is 3.33 bits per heavy atom. The number of nitrogens with one attached hydrogen (secondary N) is 1. The molecule has 0 aromatic carbocycles. The first-order chi connectivity index (χ1) is 5.95. The van der Waals surface area contributed by atoms with E-state index in [2.05, 4.69) is 22.8 Å². The molecule has 1 aliphatic rings. The van der Waals surface area contributed by atoms with E-state index in [1.165, 1.54) is 4.88 Å². The second-order valence-electron chi connectivity index (χ2n) is 2.98. The van der Waals surface area contributed by atoms with Crippen molar-refractivity contribution in [3.63, 3.8) is 0 Å². The molecule has 0 aliphatic carbocycles. The summed E-state index contributed by atoms with van der Waals surface area (Å²) in [6.07, 6.45) is 1.45. The SMILES string of the molecule is c1csc(CC2CNCCO2)c1. The lowest BCUT2D eigenvalue weighted by Gasteiger charge is -2.22. The Balaban J connectivity index is 1.86. The van der Waals surface area contributed by atoms with Crippen molar-refractivity contribution in [2.24, 2.45) is 0 Å². The highest BCUT2D eigenvalue weighted by molar-refractivity contribution is 7.09. The minimum absolute atomic E-state index is 0.386. The minimum atomic E-state index is 0.386. The average molecular weight is 183 g/mol. The molecule has 2 nitrogen and oxygen atoms in total. The van der Waals surface area contributed by atoms with E-state index in [1.54, 1.807) is 0 Å². The van der Waals surface area contributed by atoms with E-state index in [4.69, 9.17) is 4.74 Å². The highest BCUT2D eigenvalue weighted by Crippen LogP contribution is 2.13. The van der Waals surface area contributed by atoms with Gasteiger partial charge in [0.15, 0.2) is 0 Å². The first-order valence-electron chi connectivity index (χ1n) is 4.30. The molecule has 2 heterocycles. The molecule has 0 bridgehead atoms. The number of hydrogen-bond acceptors (Lipinski definition) is 3. The second kappa shape index (κ2) is 4.03. The molecule has 0 radical (unpaired) electrons. The van der Waals surface area contributed by atoms with Gasteiger partial charge in [0.25, 0.3) is 0 Å². The molecule has 0 saturated carbocycles. The fourth-order valence-corrected chi connectivity index (χ4v) is 2.18. The summed E-state index contributed by atoms with van der Waals surface area (Å²) in [5.41, 5.74) is 0. The Labute approximate surface area is 76.6 Å². The summed E-state index contributed by atoms with van der Waals surface area (Å²) in [7, 11) is 0. The van der Waals surface area contributed by atoms with Gasteiger partial charge in [-0.05, 0) is 11.4 Å². The molecule has 1 aromatic rings. The summed E-state index contributed by atoms with van der Waals surface area (Å²) in [5, 5.41) is 5.44. The van der Waals surface area contributed by atoms with Crippen LogP contribution in [-0.2, 0) is 11.2 Å². The number of hydrogen-bond donors (Lipinski definition) is 1. The van der Waals surface area contributed by atoms with Crippen LogP contribution in [0.15, 0.2) is 17.5 Å². The Morgan fingerprint density at radius 2 is 2.67 bits per heavy atom. The number of ether oxygens (including phenoxy) is 1. The third-order valence-electron chi connectivity index (χ3n) is 2.01. The van der Waals surface area contributed by atoms with Crippen molar-refractivity contribution in [3.8, 4) is 0 Å². The predicted octanol–water partition coefficient (Wildman–Crippen LogP) is 1.28. The van der Waals surface area contributed by atoms with Gasteiger partial charge in [0, 0.05) is 24.4 Å². The molecule has 66 valence electrons. The van der Waals surface area contributed by atoms with Gasteiger partial charge in [-0.2, -0.15) is 0 Å². The molecule has 12 heavy (non-hydrogen) atoms. The fourth-order valence-electron chi connectivity index (χ4n) is 1.40. The van der Waals surface area contributed by atoms with E-state index in [-0.39, 0.29) is 0 Å². The predicted molar refractivity (Wildman–Crippen MR) is 50.6 cm³/mol. The van der Waals surface area contributed by atoms with E-state index < -0.39 is 0 Å². The van der Waals surface area contributed by atoms with Crippen LogP contribution in [0.25, 0.3) is 0 Å². The van der Waals surface area contributed by atoms with Gasteiger partial charge in [0.05, 0.1) is 12.7 Å². The topological polar surface area (TPSA) is 21.3 Å². The van der Waals surface area contributed by atoms with Crippen molar-refractivity contribution in [2.75, 3.05) is 19.7 Å². The number of rotatable bonds is 2.